The third-order valence-corrected chi connectivity index (χ3v) is 3.72. The number of hydrogen-bond donors (Lipinski definition) is 1. The van der Waals surface area contributed by atoms with Crippen LogP contribution in [0.1, 0.15) is 37.9 Å². The summed E-state index contributed by atoms with van der Waals surface area (Å²) in [4.78, 5) is 0. The minimum atomic E-state index is 0.245. The minimum absolute atomic E-state index is 0.245. The molecule has 2 atom stereocenters. The molecule has 1 aromatic carbocycles. The lowest BCUT2D eigenvalue weighted by molar-refractivity contribution is 0.141. The van der Waals surface area contributed by atoms with E-state index in [2.05, 4.69) is 38.2 Å². The van der Waals surface area contributed by atoms with Crippen LogP contribution in [-0.2, 0) is 16.1 Å². The summed E-state index contributed by atoms with van der Waals surface area (Å²) in [7, 11) is 5.12. The van der Waals surface area contributed by atoms with Crippen molar-refractivity contribution in [3.05, 3.63) is 29.3 Å². The van der Waals surface area contributed by atoms with Crippen molar-refractivity contribution in [2.24, 2.45) is 5.92 Å². The number of rotatable bonds is 9. The molecule has 21 heavy (non-hydrogen) atoms. The molecule has 0 spiro atoms. The van der Waals surface area contributed by atoms with Gasteiger partial charge in [-0.25, -0.2) is 0 Å². The monoisotopic (exact) mass is 295 g/mol. The zero-order chi connectivity index (χ0) is 15.8. The van der Waals surface area contributed by atoms with E-state index in [9.17, 15) is 0 Å². The average Bonchev–Trinajstić information content (AvgIpc) is 2.46. The number of benzene rings is 1. The largest absolute Gasteiger partial charge is 0.496 e. The normalized spacial score (nSPS) is 14.2. The lowest BCUT2D eigenvalue weighted by Crippen LogP contribution is -2.39. The molecule has 1 aromatic rings. The molecule has 2 unspecified atom stereocenters. The van der Waals surface area contributed by atoms with E-state index < -0.39 is 0 Å². The first-order chi connectivity index (χ1) is 10.0. The summed E-state index contributed by atoms with van der Waals surface area (Å²) in [5.41, 5.74) is 2.29. The van der Waals surface area contributed by atoms with E-state index in [1.165, 1.54) is 5.56 Å². The van der Waals surface area contributed by atoms with Gasteiger partial charge in [0.15, 0.2) is 0 Å². The van der Waals surface area contributed by atoms with Gasteiger partial charge >= 0.3 is 0 Å². The second-order valence-corrected chi connectivity index (χ2v) is 5.70. The Morgan fingerprint density at radius 1 is 1.05 bits per heavy atom. The number of ether oxygens (including phenoxy) is 3. The van der Waals surface area contributed by atoms with Crippen molar-refractivity contribution in [3.63, 3.8) is 0 Å². The minimum Gasteiger partial charge on any atom is -0.496 e. The number of methoxy groups -OCH3 is 3. The van der Waals surface area contributed by atoms with E-state index >= 15 is 0 Å². The van der Waals surface area contributed by atoms with Gasteiger partial charge in [0, 0.05) is 31.9 Å². The molecule has 4 heteroatoms. The van der Waals surface area contributed by atoms with E-state index in [0.717, 1.165) is 11.3 Å². The van der Waals surface area contributed by atoms with Gasteiger partial charge in [0.25, 0.3) is 0 Å². The lowest BCUT2D eigenvalue weighted by Gasteiger charge is -2.26. The Morgan fingerprint density at radius 2 is 1.76 bits per heavy atom. The predicted molar refractivity (Wildman–Crippen MR) is 85.8 cm³/mol. The highest BCUT2D eigenvalue weighted by atomic mass is 16.5. The zero-order valence-electron chi connectivity index (χ0n) is 14.1. The van der Waals surface area contributed by atoms with Crippen LogP contribution >= 0.6 is 0 Å². The van der Waals surface area contributed by atoms with Crippen molar-refractivity contribution in [1.82, 2.24) is 5.32 Å². The molecule has 120 valence electrons. The molecule has 0 aromatic heterocycles. The van der Waals surface area contributed by atoms with Crippen molar-refractivity contribution in [3.8, 4) is 5.75 Å². The SMILES string of the molecule is COCc1cc(C(C)NC(COC)C(C)C)ccc1OC. The van der Waals surface area contributed by atoms with E-state index in [4.69, 9.17) is 14.2 Å². The molecule has 4 nitrogen and oxygen atoms in total. The summed E-state index contributed by atoms with van der Waals surface area (Å²) in [6, 6.07) is 6.82. The molecule has 0 radical (unpaired) electrons. The van der Waals surface area contributed by atoms with Gasteiger partial charge in [-0.15, -0.1) is 0 Å². The van der Waals surface area contributed by atoms with Crippen LogP contribution in [0.2, 0.25) is 0 Å². The Hall–Kier alpha value is -1.10. The Morgan fingerprint density at radius 3 is 2.29 bits per heavy atom. The van der Waals surface area contributed by atoms with Crippen molar-refractivity contribution >= 4 is 0 Å². The second kappa shape index (κ2) is 9.03. The van der Waals surface area contributed by atoms with E-state index in [1.54, 1.807) is 21.3 Å². The van der Waals surface area contributed by atoms with Crippen LogP contribution in [0.4, 0.5) is 0 Å². The Labute approximate surface area is 128 Å². The Bertz CT molecular complexity index is 420. The second-order valence-electron chi connectivity index (χ2n) is 5.70. The Kier molecular flexibility index (Phi) is 7.72. The van der Waals surface area contributed by atoms with E-state index in [0.29, 0.717) is 25.2 Å². The first kappa shape index (κ1) is 18.0. The molecule has 0 amide bonds. The first-order valence-electron chi connectivity index (χ1n) is 7.44. The molecular weight excluding hydrogens is 266 g/mol. The molecule has 0 aliphatic carbocycles. The molecule has 0 fully saturated rings. The first-order valence-corrected chi connectivity index (χ1v) is 7.44. The fourth-order valence-electron chi connectivity index (χ4n) is 2.37. The molecule has 0 aliphatic heterocycles. The quantitative estimate of drug-likeness (QED) is 0.759. The van der Waals surface area contributed by atoms with Crippen molar-refractivity contribution in [2.75, 3.05) is 27.9 Å². The third kappa shape index (κ3) is 5.30. The fraction of sp³-hybridized carbons (Fsp3) is 0.647. The highest BCUT2D eigenvalue weighted by molar-refractivity contribution is 5.38. The van der Waals surface area contributed by atoms with Crippen LogP contribution in [0.15, 0.2) is 18.2 Å². The smallest absolute Gasteiger partial charge is 0.124 e. The number of hydrogen-bond acceptors (Lipinski definition) is 4. The lowest BCUT2D eigenvalue weighted by atomic mass is 10.00. The van der Waals surface area contributed by atoms with E-state index in [-0.39, 0.29) is 6.04 Å². The predicted octanol–water partition coefficient (Wildman–Crippen LogP) is 3.16. The molecule has 0 aliphatic rings. The van der Waals surface area contributed by atoms with Gasteiger partial charge in [0.05, 0.1) is 20.3 Å². The van der Waals surface area contributed by atoms with Crippen LogP contribution in [0, 0.1) is 5.92 Å². The average molecular weight is 295 g/mol. The Balaban J connectivity index is 2.85. The summed E-state index contributed by atoms with van der Waals surface area (Å²) >= 11 is 0. The standard InChI is InChI=1S/C17H29NO3/c1-12(2)16(11-20-5)18-13(3)14-7-8-17(21-6)15(9-14)10-19-4/h7-9,12-13,16,18H,10-11H2,1-6H3. The molecular formula is C17H29NO3. The molecule has 0 saturated carbocycles. The topological polar surface area (TPSA) is 39.7 Å². The maximum atomic E-state index is 5.37. The van der Waals surface area contributed by atoms with Crippen molar-refractivity contribution in [2.45, 2.75) is 39.5 Å². The fourth-order valence-corrected chi connectivity index (χ4v) is 2.37. The maximum Gasteiger partial charge on any atom is 0.124 e. The van der Waals surface area contributed by atoms with Gasteiger partial charge in [0.1, 0.15) is 5.75 Å². The summed E-state index contributed by atoms with van der Waals surface area (Å²) in [6.07, 6.45) is 0. The van der Waals surface area contributed by atoms with Gasteiger partial charge < -0.3 is 19.5 Å². The molecule has 0 saturated heterocycles. The zero-order valence-corrected chi connectivity index (χ0v) is 14.1. The van der Waals surface area contributed by atoms with Gasteiger partial charge in [0.2, 0.25) is 0 Å². The summed E-state index contributed by atoms with van der Waals surface area (Å²) < 4.78 is 15.9. The van der Waals surface area contributed by atoms with Crippen molar-refractivity contribution in [1.29, 1.82) is 0 Å². The molecule has 1 rings (SSSR count). The number of nitrogens with one attached hydrogen (secondary N) is 1. The van der Waals surface area contributed by atoms with Crippen molar-refractivity contribution < 1.29 is 14.2 Å². The van der Waals surface area contributed by atoms with Crippen LogP contribution < -0.4 is 10.1 Å². The summed E-state index contributed by atoms with van der Waals surface area (Å²) in [5, 5.41) is 3.63. The van der Waals surface area contributed by atoms with Crippen LogP contribution in [0.5, 0.6) is 5.75 Å². The van der Waals surface area contributed by atoms with Gasteiger partial charge in [-0.2, -0.15) is 0 Å². The van der Waals surface area contributed by atoms with Crippen LogP contribution in [-0.4, -0.2) is 34.0 Å². The molecule has 0 bridgehead atoms. The van der Waals surface area contributed by atoms with E-state index in [1.807, 2.05) is 6.07 Å². The highest BCUT2D eigenvalue weighted by Gasteiger charge is 2.17. The third-order valence-electron chi connectivity index (χ3n) is 3.72. The molecule has 0 heterocycles. The molecule has 1 N–H and O–H groups in total. The van der Waals surface area contributed by atoms with Crippen LogP contribution in [0.25, 0.3) is 0 Å². The summed E-state index contributed by atoms with van der Waals surface area (Å²) in [5.74, 6) is 1.38. The van der Waals surface area contributed by atoms with Gasteiger partial charge in [-0.1, -0.05) is 19.9 Å². The summed E-state index contributed by atoms with van der Waals surface area (Å²) in [6.45, 7) is 7.84. The van der Waals surface area contributed by atoms with Crippen LogP contribution in [0.3, 0.4) is 0 Å². The van der Waals surface area contributed by atoms with Gasteiger partial charge in [-0.05, 0) is 30.5 Å². The highest BCUT2D eigenvalue weighted by Crippen LogP contribution is 2.24. The van der Waals surface area contributed by atoms with Gasteiger partial charge in [-0.3, -0.25) is 0 Å². The maximum absolute atomic E-state index is 5.37.